The third-order valence-electron chi connectivity index (χ3n) is 1.95. The van der Waals surface area contributed by atoms with Crippen LogP contribution in [0, 0.1) is 11.7 Å². The Morgan fingerprint density at radius 2 is 2.29 bits per heavy atom. The second-order valence-corrected chi connectivity index (χ2v) is 3.81. The van der Waals surface area contributed by atoms with Crippen LogP contribution in [-0.4, -0.2) is 15.0 Å². The summed E-state index contributed by atoms with van der Waals surface area (Å²) < 4.78 is 12.8. The molecule has 4 heteroatoms. The Balaban J connectivity index is 2.41. The normalized spacial score (nSPS) is 11.4. The van der Waals surface area contributed by atoms with Gasteiger partial charge in [-0.05, 0) is 5.92 Å². The second-order valence-electron chi connectivity index (χ2n) is 3.81. The van der Waals surface area contributed by atoms with Gasteiger partial charge in [-0.25, -0.2) is 14.4 Å². The molecule has 0 fully saturated rings. The Morgan fingerprint density at radius 1 is 1.50 bits per heavy atom. The lowest BCUT2D eigenvalue weighted by atomic mass is 10.1. The lowest BCUT2D eigenvalue weighted by Gasteiger charge is -1.98. The van der Waals surface area contributed by atoms with Crippen molar-refractivity contribution >= 4 is 11.2 Å². The molecular formula is C10H12FN3. The summed E-state index contributed by atoms with van der Waals surface area (Å²) in [5, 5.41) is 0. The van der Waals surface area contributed by atoms with E-state index in [1.807, 2.05) is 0 Å². The van der Waals surface area contributed by atoms with E-state index in [-0.39, 0.29) is 5.82 Å². The average molecular weight is 193 g/mol. The average Bonchev–Trinajstić information content (AvgIpc) is 2.44. The van der Waals surface area contributed by atoms with Crippen LogP contribution in [0.25, 0.3) is 11.2 Å². The molecule has 74 valence electrons. The van der Waals surface area contributed by atoms with Crippen LogP contribution in [0.2, 0.25) is 0 Å². The number of nitrogens with zero attached hydrogens (tertiary/aromatic N) is 2. The first-order valence-electron chi connectivity index (χ1n) is 4.65. The van der Waals surface area contributed by atoms with E-state index in [4.69, 9.17) is 0 Å². The van der Waals surface area contributed by atoms with E-state index in [0.717, 1.165) is 12.2 Å². The number of aromatic nitrogens is 3. The van der Waals surface area contributed by atoms with Gasteiger partial charge in [0.1, 0.15) is 11.6 Å². The standard InChI is InChI=1S/C10H12FN3/c1-6(2)3-9-13-8-4-7(11)5-12-10(8)14-9/h4-6H,3H2,1-2H3,(H,12,13,14). The highest BCUT2D eigenvalue weighted by atomic mass is 19.1. The van der Waals surface area contributed by atoms with Gasteiger partial charge >= 0.3 is 0 Å². The molecular weight excluding hydrogens is 181 g/mol. The van der Waals surface area contributed by atoms with Gasteiger partial charge in [-0.15, -0.1) is 0 Å². The second kappa shape index (κ2) is 3.36. The highest BCUT2D eigenvalue weighted by Crippen LogP contribution is 2.12. The summed E-state index contributed by atoms with van der Waals surface area (Å²) >= 11 is 0. The minimum absolute atomic E-state index is 0.336. The molecule has 3 nitrogen and oxygen atoms in total. The number of nitrogens with one attached hydrogen (secondary N) is 1. The van der Waals surface area contributed by atoms with Crippen LogP contribution in [0.15, 0.2) is 12.3 Å². The van der Waals surface area contributed by atoms with Crippen molar-refractivity contribution in [2.24, 2.45) is 5.92 Å². The molecule has 1 N–H and O–H groups in total. The predicted molar refractivity (Wildman–Crippen MR) is 52.4 cm³/mol. The lowest BCUT2D eigenvalue weighted by Crippen LogP contribution is -1.95. The maximum atomic E-state index is 12.8. The van der Waals surface area contributed by atoms with Gasteiger partial charge in [0.15, 0.2) is 5.65 Å². The number of hydrogen-bond acceptors (Lipinski definition) is 2. The van der Waals surface area contributed by atoms with E-state index >= 15 is 0 Å². The molecule has 0 aromatic carbocycles. The Morgan fingerprint density at radius 3 is 3.00 bits per heavy atom. The summed E-state index contributed by atoms with van der Waals surface area (Å²) in [6, 6.07) is 1.42. The summed E-state index contributed by atoms with van der Waals surface area (Å²) in [6.45, 7) is 4.22. The number of rotatable bonds is 2. The van der Waals surface area contributed by atoms with Crippen LogP contribution >= 0.6 is 0 Å². The summed E-state index contributed by atoms with van der Waals surface area (Å²) in [5.74, 6) is 1.06. The number of aromatic amines is 1. The molecule has 2 aromatic heterocycles. The molecule has 0 unspecified atom stereocenters. The number of hydrogen-bond donors (Lipinski definition) is 1. The highest BCUT2D eigenvalue weighted by Gasteiger charge is 2.06. The molecule has 0 aliphatic rings. The van der Waals surface area contributed by atoms with E-state index in [0.29, 0.717) is 17.1 Å². The SMILES string of the molecule is CC(C)Cc1nc2ncc(F)cc2[nH]1. The van der Waals surface area contributed by atoms with Gasteiger partial charge in [0.25, 0.3) is 0 Å². The van der Waals surface area contributed by atoms with Crippen molar-refractivity contribution in [3.8, 4) is 0 Å². The van der Waals surface area contributed by atoms with Gasteiger partial charge in [0.2, 0.25) is 0 Å². The molecule has 14 heavy (non-hydrogen) atoms. The molecule has 0 bridgehead atoms. The number of imidazole rings is 1. The van der Waals surface area contributed by atoms with Crippen molar-refractivity contribution in [3.05, 3.63) is 23.9 Å². The summed E-state index contributed by atoms with van der Waals surface area (Å²) in [6.07, 6.45) is 2.04. The fraction of sp³-hybridized carbons (Fsp3) is 0.400. The molecule has 0 aliphatic heterocycles. The van der Waals surface area contributed by atoms with Crippen LogP contribution in [0.1, 0.15) is 19.7 Å². The summed E-state index contributed by atoms with van der Waals surface area (Å²) in [7, 11) is 0. The first-order valence-corrected chi connectivity index (χ1v) is 4.65. The van der Waals surface area contributed by atoms with Gasteiger partial charge in [-0.3, -0.25) is 0 Å². The number of H-pyrrole nitrogens is 1. The van der Waals surface area contributed by atoms with Gasteiger partial charge < -0.3 is 4.98 Å². The van der Waals surface area contributed by atoms with E-state index in [9.17, 15) is 4.39 Å². The fourth-order valence-corrected chi connectivity index (χ4v) is 1.41. The van der Waals surface area contributed by atoms with Crippen molar-refractivity contribution < 1.29 is 4.39 Å². The highest BCUT2D eigenvalue weighted by molar-refractivity contribution is 5.70. The predicted octanol–water partition coefficient (Wildman–Crippen LogP) is 2.30. The van der Waals surface area contributed by atoms with E-state index < -0.39 is 0 Å². The van der Waals surface area contributed by atoms with Gasteiger partial charge in [0, 0.05) is 12.5 Å². The van der Waals surface area contributed by atoms with Gasteiger partial charge in [-0.2, -0.15) is 0 Å². The number of pyridine rings is 1. The van der Waals surface area contributed by atoms with E-state index in [2.05, 4.69) is 28.8 Å². The van der Waals surface area contributed by atoms with Crippen LogP contribution in [0.3, 0.4) is 0 Å². The maximum absolute atomic E-state index is 12.8. The molecule has 2 aromatic rings. The van der Waals surface area contributed by atoms with Gasteiger partial charge in [0.05, 0.1) is 11.7 Å². The molecule has 0 amide bonds. The number of fused-ring (bicyclic) bond motifs is 1. The van der Waals surface area contributed by atoms with Crippen molar-refractivity contribution in [1.29, 1.82) is 0 Å². The molecule has 0 aliphatic carbocycles. The zero-order valence-electron chi connectivity index (χ0n) is 8.21. The van der Waals surface area contributed by atoms with E-state index in [1.165, 1.54) is 12.3 Å². The summed E-state index contributed by atoms with van der Waals surface area (Å²) in [4.78, 5) is 11.2. The van der Waals surface area contributed by atoms with Crippen LogP contribution in [0.5, 0.6) is 0 Å². The van der Waals surface area contributed by atoms with Crippen molar-refractivity contribution in [2.75, 3.05) is 0 Å². The van der Waals surface area contributed by atoms with Crippen molar-refractivity contribution in [3.63, 3.8) is 0 Å². The Kier molecular flexibility index (Phi) is 2.19. The molecule has 0 saturated carbocycles. The zero-order valence-corrected chi connectivity index (χ0v) is 8.21. The quantitative estimate of drug-likeness (QED) is 0.795. The summed E-state index contributed by atoms with van der Waals surface area (Å²) in [5.41, 5.74) is 1.25. The molecule has 0 radical (unpaired) electrons. The fourth-order valence-electron chi connectivity index (χ4n) is 1.41. The van der Waals surface area contributed by atoms with Gasteiger partial charge in [-0.1, -0.05) is 13.8 Å². The zero-order chi connectivity index (χ0) is 10.1. The largest absolute Gasteiger partial charge is 0.341 e. The van der Waals surface area contributed by atoms with Crippen LogP contribution in [-0.2, 0) is 6.42 Å². The van der Waals surface area contributed by atoms with Crippen LogP contribution < -0.4 is 0 Å². The first-order chi connectivity index (χ1) is 6.65. The smallest absolute Gasteiger partial charge is 0.177 e. The molecule has 0 atom stereocenters. The third kappa shape index (κ3) is 1.73. The van der Waals surface area contributed by atoms with Crippen LogP contribution in [0.4, 0.5) is 4.39 Å². The Labute approximate surface area is 81.4 Å². The molecule has 2 rings (SSSR count). The van der Waals surface area contributed by atoms with Crippen molar-refractivity contribution in [2.45, 2.75) is 20.3 Å². The number of halogens is 1. The Hall–Kier alpha value is -1.45. The minimum atomic E-state index is -0.336. The Bertz CT molecular complexity index is 448. The van der Waals surface area contributed by atoms with E-state index in [1.54, 1.807) is 0 Å². The monoisotopic (exact) mass is 193 g/mol. The topological polar surface area (TPSA) is 41.6 Å². The molecule has 0 spiro atoms. The first kappa shape index (κ1) is 9.12. The molecule has 2 heterocycles. The van der Waals surface area contributed by atoms with Crippen molar-refractivity contribution in [1.82, 2.24) is 15.0 Å². The minimum Gasteiger partial charge on any atom is -0.341 e. The molecule has 0 saturated heterocycles. The maximum Gasteiger partial charge on any atom is 0.177 e. The lowest BCUT2D eigenvalue weighted by molar-refractivity contribution is 0.624. The third-order valence-corrected chi connectivity index (χ3v) is 1.95.